The molecule has 1 fully saturated rings. The van der Waals surface area contributed by atoms with Crippen LogP contribution in [0.5, 0.6) is 0 Å². The number of nitrogens with one attached hydrogen (secondary N) is 1. The Morgan fingerprint density at radius 3 is 2.72 bits per heavy atom. The number of halogens is 1. The molecule has 1 aromatic rings. The molecule has 1 aromatic carbocycles. The molecule has 100 valence electrons. The quantitative estimate of drug-likeness (QED) is 0.854. The molecule has 0 heterocycles. The van der Waals surface area contributed by atoms with Crippen molar-refractivity contribution in [3.8, 4) is 0 Å². The lowest BCUT2D eigenvalue weighted by Gasteiger charge is -2.33. The molecule has 0 amide bonds. The van der Waals surface area contributed by atoms with Gasteiger partial charge < -0.3 is 5.32 Å². The summed E-state index contributed by atoms with van der Waals surface area (Å²) < 4.78 is 1.21. The molecule has 2 rings (SSSR count). The van der Waals surface area contributed by atoms with Crippen LogP contribution in [0.25, 0.3) is 0 Å². The van der Waals surface area contributed by atoms with Gasteiger partial charge in [0.1, 0.15) is 0 Å². The number of thioether (sulfide) groups is 1. The minimum atomic E-state index is 0.415. The summed E-state index contributed by atoms with van der Waals surface area (Å²) in [6, 6.07) is 9.60. The van der Waals surface area contributed by atoms with Crippen molar-refractivity contribution in [1.29, 1.82) is 0 Å². The lowest BCUT2D eigenvalue weighted by Crippen LogP contribution is -2.41. The van der Waals surface area contributed by atoms with Crippen molar-refractivity contribution in [1.82, 2.24) is 5.32 Å². The summed E-state index contributed by atoms with van der Waals surface area (Å²) >= 11 is 5.67. The molecule has 1 aliphatic rings. The predicted octanol–water partition coefficient (Wildman–Crippen LogP) is 4.77. The predicted molar refractivity (Wildman–Crippen MR) is 85.3 cm³/mol. The molecule has 1 aliphatic carbocycles. The molecular formula is C15H22BrNS. The summed E-state index contributed by atoms with van der Waals surface area (Å²) in [5.41, 5.74) is 1.36. The number of benzene rings is 1. The average molecular weight is 328 g/mol. The van der Waals surface area contributed by atoms with Crippen molar-refractivity contribution >= 4 is 27.7 Å². The molecule has 3 unspecified atom stereocenters. The van der Waals surface area contributed by atoms with E-state index in [4.69, 9.17) is 0 Å². The van der Waals surface area contributed by atoms with Gasteiger partial charge in [-0.3, -0.25) is 0 Å². The monoisotopic (exact) mass is 327 g/mol. The van der Waals surface area contributed by atoms with Crippen LogP contribution in [0.4, 0.5) is 0 Å². The van der Waals surface area contributed by atoms with Gasteiger partial charge in [0.15, 0.2) is 0 Å². The molecule has 1 N–H and O–H groups in total. The standard InChI is InChI=1S/C15H22BrNS/c1-11(12-7-3-4-8-13(12)16)17-14-9-5-6-10-15(14)18-2/h3-4,7-8,11,14-15,17H,5-6,9-10H2,1-2H3. The smallest absolute Gasteiger partial charge is 0.0305 e. The summed E-state index contributed by atoms with van der Waals surface area (Å²) in [6.45, 7) is 2.27. The molecular weight excluding hydrogens is 306 g/mol. The molecule has 0 spiro atoms. The van der Waals surface area contributed by atoms with Crippen LogP contribution in [-0.4, -0.2) is 17.5 Å². The van der Waals surface area contributed by atoms with Crippen LogP contribution in [-0.2, 0) is 0 Å². The second kappa shape index (κ2) is 6.97. The molecule has 0 radical (unpaired) electrons. The highest BCUT2D eigenvalue weighted by Crippen LogP contribution is 2.30. The van der Waals surface area contributed by atoms with Crippen LogP contribution in [0.2, 0.25) is 0 Å². The first kappa shape index (κ1) is 14.4. The maximum Gasteiger partial charge on any atom is 0.0305 e. The van der Waals surface area contributed by atoms with Crippen LogP contribution >= 0.6 is 27.7 Å². The SMILES string of the molecule is CSC1CCCCC1NC(C)c1ccccc1Br. The van der Waals surface area contributed by atoms with E-state index in [1.54, 1.807) is 0 Å². The van der Waals surface area contributed by atoms with E-state index in [2.05, 4.69) is 58.7 Å². The van der Waals surface area contributed by atoms with Gasteiger partial charge in [0.2, 0.25) is 0 Å². The number of hydrogen-bond acceptors (Lipinski definition) is 2. The normalized spacial score (nSPS) is 25.9. The Balaban J connectivity index is 2.02. The van der Waals surface area contributed by atoms with E-state index in [0.29, 0.717) is 12.1 Å². The third kappa shape index (κ3) is 3.52. The zero-order valence-corrected chi connectivity index (χ0v) is 13.6. The Bertz CT molecular complexity index is 383. The maximum absolute atomic E-state index is 3.83. The zero-order chi connectivity index (χ0) is 13.0. The zero-order valence-electron chi connectivity index (χ0n) is 11.2. The van der Waals surface area contributed by atoms with E-state index in [0.717, 1.165) is 5.25 Å². The van der Waals surface area contributed by atoms with Crippen LogP contribution in [0, 0.1) is 0 Å². The highest BCUT2D eigenvalue weighted by molar-refractivity contribution is 9.10. The summed E-state index contributed by atoms with van der Waals surface area (Å²) in [5.74, 6) is 0. The van der Waals surface area contributed by atoms with E-state index < -0.39 is 0 Å². The van der Waals surface area contributed by atoms with Crippen LogP contribution in [0.1, 0.15) is 44.2 Å². The topological polar surface area (TPSA) is 12.0 Å². The Morgan fingerprint density at radius 1 is 1.28 bits per heavy atom. The summed E-state index contributed by atoms with van der Waals surface area (Å²) in [7, 11) is 0. The van der Waals surface area contributed by atoms with E-state index in [-0.39, 0.29) is 0 Å². The number of hydrogen-bond donors (Lipinski definition) is 1. The van der Waals surface area contributed by atoms with Crippen molar-refractivity contribution in [3.63, 3.8) is 0 Å². The highest BCUT2D eigenvalue weighted by atomic mass is 79.9. The van der Waals surface area contributed by atoms with Crippen molar-refractivity contribution < 1.29 is 0 Å². The first-order valence-electron chi connectivity index (χ1n) is 6.75. The second-order valence-electron chi connectivity index (χ2n) is 5.07. The Hall–Kier alpha value is 0.01000. The molecule has 0 aromatic heterocycles. The third-order valence-electron chi connectivity index (χ3n) is 3.84. The van der Waals surface area contributed by atoms with Gasteiger partial charge in [-0.1, -0.05) is 47.0 Å². The van der Waals surface area contributed by atoms with Crippen molar-refractivity contribution in [3.05, 3.63) is 34.3 Å². The molecule has 0 aliphatic heterocycles. The molecule has 3 heteroatoms. The number of rotatable bonds is 4. The van der Waals surface area contributed by atoms with Crippen LogP contribution in [0.15, 0.2) is 28.7 Å². The Morgan fingerprint density at radius 2 is 2.00 bits per heavy atom. The van der Waals surface area contributed by atoms with Gasteiger partial charge in [-0.05, 0) is 37.7 Å². The van der Waals surface area contributed by atoms with Crippen molar-refractivity contribution in [2.45, 2.75) is 49.9 Å². The van der Waals surface area contributed by atoms with Gasteiger partial charge in [0.05, 0.1) is 0 Å². The van der Waals surface area contributed by atoms with Crippen LogP contribution < -0.4 is 5.32 Å². The van der Waals surface area contributed by atoms with Gasteiger partial charge >= 0.3 is 0 Å². The molecule has 1 saturated carbocycles. The second-order valence-corrected chi connectivity index (χ2v) is 7.01. The first-order valence-corrected chi connectivity index (χ1v) is 8.83. The van der Waals surface area contributed by atoms with E-state index in [1.165, 1.54) is 35.7 Å². The largest absolute Gasteiger partial charge is 0.306 e. The highest BCUT2D eigenvalue weighted by Gasteiger charge is 2.25. The molecule has 18 heavy (non-hydrogen) atoms. The molecule has 0 bridgehead atoms. The first-order chi connectivity index (χ1) is 8.72. The fourth-order valence-corrected chi connectivity index (χ4v) is 4.38. The summed E-state index contributed by atoms with van der Waals surface area (Å²) in [6.07, 6.45) is 7.69. The minimum Gasteiger partial charge on any atom is -0.306 e. The van der Waals surface area contributed by atoms with Gasteiger partial charge in [-0.25, -0.2) is 0 Å². The summed E-state index contributed by atoms with van der Waals surface area (Å²) in [4.78, 5) is 0. The molecule has 3 atom stereocenters. The fraction of sp³-hybridized carbons (Fsp3) is 0.600. The van der Waals surface area contributed by atoms with Gasteiger partial charge in [0, 0.05) is 21.8 Å². The van der Waals surface area contributed by atoms with Gasteiger partial charge in [0.25, 0.3) is 0 Å². The molecule has 1 nitrogen and oxygen atoms in total. The Labute approximate surface area is 123 Å². The van der Waals surface area contributed by atoms with Crippen molar-refractivity contribution in [2.75, 3.05) is 6.26 Å². The van der Waals surface area contributed by atoms with E-state index in [1.807, 2.05) is 11.8 Å². The van der Waals surface area contributed by atoms with E-state index in [9.17, 15) is 0 Å². The molecule has 0 saturated heterocycles. The third-order valence-corrected chi connectivity index (χ3v) is 5.73. The van der Waals surface area contributed by atoms with Crippen molar-refractivity contribution in [2.24, 2.45) is 0 Å². The summed E-state index contributed by atoms with van der Waals surface area (Å²) in [5, 5.41) is 4.61. The van der Waals surface area contributed by atoms with Gasteiger partial charge in [-0.2, -0.15) is 11.8 Å². The maximum atomic E-state index is 3.83. The average Bonchev–Trinajstić information content (AvgIpc) is 2.39. The lowest BCUT2D eigenvalue weighted by molar-refractivity contribution is 0.356. The van der Waals surface area contributed by atoms with Gasteiger partial charge in [-0.15, -0.1) is 0 Å². The Kier molecular flexibility index (Phi) is 5.58. The fourth-order valence-electron chi connectivity index (χ4n) is 2.81. The lowest BCUT2D eigenvalue weighted by atomic mass is 9.93. The minimum absolute atomic E-state index is 0.415. The van der Waals surface area contributed by atoms with Crippen LogP contribution in [0.3, 0.4) is 0 Å². The van der Waals surface area contributed by atoms with E-state index >= 15 is 0 Å².